The van der Waals surface area contributed by atoms with E-state index in [0.717, 1.165) is 16.7 Å². The minimum Gasteiger partial charge on any atom is -0.394 e. The summed E-state index contributed by atoms with van der Waals surface area (Å²) in [6, 6.07) is 8.09. The van der Waals surface area contributed by atoms with Crippen molar-refractivity contribution >= 4 is 21.6 Å². The molecule has 0 saturated heterocycles. The van der Waals surface area contributed by atoms with Crippen LogP contribution in [0.3, 0.4) is 0 Å². The number of anilines is 1. The summed E-state index contributed by atoms with van der Waals surface area (Å²) < 4.78 is 2.80. The third-order valence-corrected chi connectivity index (χ3v) is 3.18. The summed E-state index contributed by atoms with van der Waals surface area (Å²) in [4.78, 5) is 0. The second-order valence-electron chi connectivity index (χ2n) is 3.66. The van der Waals surface area contributed by atoms with E-state index in [1.807, 2.05) is 24.4 Å². The molecule has 0 atom stereocenters. The summed E-state index contributed by atoms with van der Waals surface area (Å²) in [5.41, 5.74) is 2.15. The maximum absolute atomic E-state index is 8.79. The SMILES string of the molecule is OCCn1cc(NCc2ccccc2Br)cn1. The van der Waals surface area contributed by atoms with Crippen molar-refractivity contribution in [1.29, 1.82) is 0 Å². The smallest absolute Gasteiger partial charge is 0.0729 e. The molecule has 90 valence electrons. The molecule has 2 aromatic rings. The Morgan fingerprint density at radius 2 is 2.18 bits per heavy atom. The number of nitrogens with one attached hydrogen (secondary N) is 1. The van der Waals surface area contributed by atoms with Crippen molar-refractivity contribution in [2.45, 2.75) is 13.1 Å². The predicted molar refractivity (Wildman–Crippen MR) is 70.8 cm³/mol. The van der Waals surface area contributed by atoms with E-state index < -0.39 is 0 Å². The molecule has 0 unspecified atom stereocenters. The standard InChI is InChI=1S/C12H14BrN3O/c13-12-4-2-1-3-10(12)7-14-11-8-15-16(9-11)5-6-17/h1-4,8-9,14,17H,5-7H2. The van der Waals surface area contributed by atoms with E-state index in [-0.39, 0.29) is 6.61 Å². The van der Waals surface area contributed by atoms with Gasteiger partial charge in [0.05, 0.1) is 25.0 Å². The van der Waals surface area contributed by atoms with Gasteiger partial charge in [0.2, 0.25) is 0 Å². The maximum atomic E-state index is 8.79. The fraction of sp³-hybridized carbons (Fsp3) is 0.250. The highest BCUT2D eigenvalue weighted by Crippen LogP contribution is 2.17. The topological polar surface area (TPSA) is 50.1 Å². The quantitative estimate of drug-likeness (QED) is 0.889. The molecule has 0 radical (unpaired) electrons. The summed E-state index contributed by atoms with van der Waals surface area (Å²) in [7, 11) is 0. The molecule has 0 spiro atoms. The third-order valence-electron chi connectivity index (χ3n) is 2.40. The highest BCUT2D eigenvalue weighted by Gasteiger charge is 2.00. The summed E-state index contributed by atoms with van der Waals surface area (Å²) >= 11 is 3.51. The number of rotatable bonds is 5. The van der Waals surface area contributed by atoms with Gasteiger partial charge in [-0.1, -0.05) is 34.1 Å². The van der Waals surface area contributed by atoms with Crippen LogP contribution in [-0.2, 0) is 13.1 Å². The number of aliphatic hydroxyl groups is 1. The number of hydrogen-bond donors (Lipinski definition) is 2. The minimum absolute atomic E-state index is 0.103. The fourth-order valence-corrected chi connectivity index (χ4v) is 1.94. The molecule has 0 bridgehead atoms. The number of aromatic nitrogens is 2. The molecule has 0 fully saturated rings. The lowest BCUT2D eigenvalue weighted by Gasteiger charge is -2.05. The zero-order valence-corrected chi connectivity index (χ0v) is 10.9. The van der Waals surface area contributed by atoms with Gasteiger partial charge in [0.15, 0.2) is 0 Å². The van der Waals surface area contributed by atoms with Crippen LogP contribution in [0.2, 0.25) is 0 Å². The average molecular weight is 296 g/mol. The van der Waals surface area contributed by atoms with Crippen LogP contribution in [0.5, 0.6) is 0 Å². The normalized spacial score (nSPS) is 10.5. The van der Waals surface area contributed by atoms with Crippen molar-refractivity contribution in [2.24, 2.45) is 0 Å². The third kappa shape index (κ3) is 3.31. The van der Waals surface area contributed by atoms with Crippen LogP contribution >= 0.6 is 15.9 Å². The summed E-state index contributed by atoms with van der Waals surface area (Å²) in [6.07, 6.45) is 3.64. The zero-order valence-electron chi connectivity index (χ0n) is 9.31. The van der Waals surface area contributed by atoms with E-state index in [0.29, 0.717) is 6.54 Å². The first kappa shape index (κ1) is 12.1. The minimum atomic E-state index is 0.103. The maximum Gasteiger partial charge on any atom is 0.0729 e. The number of halogens is 1. The molecule has 5 heteroatoms. The molecule has 4 nitrogen and oxygen atoms in total. The van der Waals surface area contributed by atoms with Crippen LogP contribution < -0.4 is 5.32 Å². The molecule has 1 heterocycles. The molecule has 2 rings (SSSR count). The van der Waals surface area contributed by atoms with E-state index in [9.17, 15) is 0 Å². The molecule has 0 aliphatic carbocycles. The Morgan fingerprint density at radius 1 is 1.35 bits per heavy atom. The van der Waals surface area contributed by atoms with Crippen LogP contribution in [0.25, 0.3) is 0 Å². The second-order valence-corrected chi connectivity index (χ2v) is 4.51. The molecule has 0 saturated carbocycles. The lowest BCUT2D eigenvalue weighted by Crippen LogP contribution is -2.02. The predicted octanol–water partition coefficient (Wildman–Crippen LogP) is 2.25. The molecule has 0 aliphatic rings. The molecule has 1 aromatic heterocycles. The summed E-state index contributed by atoms with van der Waals surface area (Å²) in [5, 5.41) is 16.2. The molecular weight excluding hydrogens is 282 g/mol. The van der Waals surface area contributed by atoms with Gasteiger partial charge in [-0.05, 0) is 11.6 Å². The van der Waals surface area contributed by atoms with Gasteiger partial charge in [0.1, 0.15) is 0 Å². The van der Waals surface area contributed by atoms with Crippen molar-refractivity contribution in [3.05, 3.63) is 46.7 Å². The fourth-order valence-electron chi connectivity index (χ4n) is 1.52. The van der Waals surface area contributed by atoms with Crippen molar-refractivity contribution in [3.63, 3.8) is 0 Å². The number of hydrogen-bond acceptors (Lipinski definition) is 3. The Labute approximate surface area is 108 Å². The molecular formula is C12H14BrN3O. The van der Waals surface area contributed by atoms with Crippen LogP contribution in [0.1, 0.15) is 5.56 Å². The molecule has 0 amide bonds. The number of benzene rings is 1. The van der Waals surface area contributed by atoms with E-state index in [2.05, 4.69) is 32.4 Å². The highest BCUT2D eigenvalue weighted by molar-refractivity contribution is 9.10. The van der Waals surface area contributed by atoms with Crippen molar-refractivity contribution < 1.29 is 5.11 Å². The molecule has 0 aliphatic heterocycles. The first-order chi connectivity index (χ1) is 8.29. The Bertz CT molecular complexity index is 484. The number of nitrogens with zero attached hydrogens (tertiary/aromatic N) is 2. The van der Waals surface area contributed by atoms with E-state index in [1.165, 1.54) is 5.56 Å². The van der Waals surface area contributed by atoms with Crippen LogP contribution in [0, 0.1) is 0 Å². The van der Waals surface area contributed by atoms with Gasteiger partial charge < -0.3 is 10.4 Å². The second kappa shape index (κ2) is 5.84. The van der Waals surface area contributed by atoms with Crippen molar-refractivity contribution in [1.82, 2.24) is 9.78 Å². The van der Waals surface area contributed by atoms with Crippen LogP contribution in [0.4, 0.5) is 5.69 Å². The van der Waals surface area contributed by atoms with Crippen LogP contribution in [0.15, 0.2) is 41.1 Å². The van der Waals surface area contributed by atoms with Crippen molar-refractivity contribution in [3.8, 4) is 0 Å². The Balaban J connectivity index is 1.95. The first-order valence-electron chi connectivity index (χ1n) is 5.40. The largest absolute Gasteiger partial charge is 0.394 e. The monoisotopic (exact) mass is 295 g/mol. The zero-order chi connectivity index (χ0) is 12.1. The van der Waals surface area contributed by atoms with Gasteiger partial charge in [0, 0.05) is 17.2 Å². The lowest BCUT2D eigenvalue weighted by atomic mass is 10.2. The van der Waals surface area contributed by atoms with Gasteiger partial charge in [-0.15, -0.1) is 0 Å². The highest BCUT2D eigenvalue weighted by atomic mass is 79.9. The van der Waals surface area contributed by atoms with Gasteiger partial charge in [-0.2, -0.15) is 5.10 Å². The Hall–Kier alpha value is -1.33. The summed E-state index contributed by atoms with van der Waals surface area (Å²) in [5.74, 6) is 0. The Morgan fingerprint density at radius 3 is 2.94 bits per heavy atom. The lowest BCUT2D eigenvalue weighted by molar-refractivity contribution is 0.269. The van der Waals surface area contributed by atoms with Gasteiger partial charge in [-0.3, -0.25) is 4.68 Å². The summed E-state index contributed by atoms with van der Waals surface area (Å²) in [6.45, 7) is 1.37. The van der Waals surface area contributed by atoms with E-state index in [1.54, 1.807) is 10.9 Å². The average Bonchev–Trinajstić information content (AvgIpc) is 2.76. The Kier molecular flexibility index (Phi) is 4.17. The van der Waals surface area contributed by atoms with Crippen molar-refractivity contribution in [2.75, 3.05) is 11.9 Å². The molecule has 1 aromatic carbocycles. The van der Waals surface area contributed by atoms with E-state index >= 15 is 0 Å². The van der Waals surface area contributed by atoms with Gasteiger partial charge in [-0.25, -0.2) is 0 Å². The van der Waals surface area contributed by atoms with Gasteiger partial charge >= 0.3 is 0 Å². The van der Waals surface area contributed by atoms with Gasteiger partial charge in [0.25, 0.3) is 0 Å². The van der Waals surface area contributed by atoms with Crippen LogP contribution in [-0.4, -0.2) is 21.5 Å². The molecule has 2 N–H and O–H groups in total. The number of aliphatic hydroxyl groups excluding tert-OH is 1. The molecule has 17 heavy (non-hydrogen) atoms. The van der Waals surface area contributed by atoms with E-state index in [4.69, 9.17) is 5.11 Å². The first-order valence-corrected chi connectivity index (χ1v) is 6.19.